The molecule has 0 spiro atoms. The molecule has 1 N–H and O–H groups in total. The highest BCUT2D eigenvalue weighted by Crippen LogP contribution is 2.44. The van der Waals surface area contributed by atoms with Gasteiger partial charge < -0.3 is 10.2 Å². The summed E-state index contributed by atoms with van der Waals surface area (Å²) in [5, 5.41) is 3.41. The Morgan fingerprint density at radius 1 is 0.826 bits per heavy atom. The second kappa shape index (κ2) is 7.00. The molecule has 23 heavy (non-hydrogen) atoms. The summed E-state index contributed by atoms with van der Waals surface area (Å²) in [6.45, 7) is 4.39. The van der Waals surface area contributed by atoms with Crippen molar-refractivity contribution in [2.24, 2.45) is 11.8 Å². The Hall–Kier alpha value is -0.770. The largest absolute Gasteiger partial charge is 0.335 e. The molecule has 0 aromatic carbocycles. The van der Waals surface area contributed by atoms with Gasteiger partial charge in [0.2, 0.25) is 0 Å². The molecule has 2 heterocycles. The fourth-order valence-electron chi connectivity index (χ4n) is 4.66. The topological polar surface area (TPSA) is 35.6 Å². The average Bonchev–Trinajstić information content (AvgIpc) is 3.44. The van der Waals surface area contributed by atoms with Crippen LogP contribution in [-0.2, 0) is 0 Å². The van der Waals surface area contributed by atoms with Gasteiger partial charge in [-0.3, -0.25) is 4.90 Å². The second-order valence-electron chi connectivity index (χ2n) is 8.34. The first kappa shape index (κ1) is 15.7. The van der Waals surface area contributed by atoms with E-state index in [1.165, 1.54) is 77.3 Å². The lowest BCUT2D eigenvalue weighted by molar-refractivity contribution is 0.109. The average molecular weight is 319 g/mol. The van der Waals surface area contributed by atoms with Gasteiger partial charge in [0, 0.05) is 25.2 Å². The number of amides is 2. The highest BCUT2D eigenvalue weighted by molar-refractivity contribution is 5.74. The Balaban J connectivity index is 1.31. The summed E-state index contributed by atoms with van der Waals surface area (Å²) >= 11 is 0. The van der Waals surface area contributed by atoms with Crippen LogP contribution in [0.1, 0.15) is 64.2 Å². The van der Waals surface area contributed by atoms with Crippen LogP contribution in [0.5, 0.6) is 0 Å². The number of piperidine rings is 1. The molecule has 4 nitrogen and oxygen atoms in total. The summed E-state index contributed by atoms with van der Waals surface area (Å²) in [5.74, 6) is 1.58. The monoisotopic (exact) mass is 319 g/mol. The Kier molecular flexibility index (Phi) is 4.79. The zero-order chi connectivity index (χ0) is 15.6. The van der Waals surface area contributed by atoms with Gasteiger partial charge in [0.05, 0.1) is 0 Å². The van der Waals surface area contributed by atoms with Crippen LogP contribution in [0.4, 0.5) is 4.79 Å². The Morgan fingerprint density at radius 2 is 1.48 bits per heavy atom. The molecule has 4 heteroatoms. The summed E-state index contributed by atoms with van der Waals surface area (Å²) in [4.78, 5) is 17.6. The van der Waals surface area contributed by atoms with Crippen molar-refractivity contribution in [2.75, 3.05) is 26.2 Å². The number of likely N-dealkylation sites (tertiary alicyclic amines) is 2. The van der Waals surface area contributed by atoms with E-state index in [0.29, 0.717) is 12.1 Å². The fourth-order valence-corrected chi connectivity index (χ4v) is 4.66. The van der Waals surface area contributed by atoms with Crippen LogP contribution in [0.2, 0.25) is 0 Å². The van der Waals surface area contributed by atoms with Crippen molar-refractivity contribution < 1.29 is 4.79 Å². The van der Waals surface area contributed by atoms with Crippen molar-refractivity contribution >= 4 is 6.03 Å². The zero-order valence-corrected chi connectivity index (χ0v) is 14.5. The summed E-state index contributed by atoms with van der Waals surface area (Å²) in [7, 11) is 0. The van der Waals surface area contributed by atoms with Gasteiger partial charge in [0.25, 0.3) is 0 Å². The van der Waals surface area contributed by atoms with E-state index in [2.05, 4.69) is 15.1 Å². The molecule has 1 atom stereocenters. The molecular formula is C19H33N3O. The molecule has 0 bridgehead atoms. The maximum Gasteiger partial charge on any atom is 0.317 e. The number of rotatable bonds is 4. The summed E-state index contributed by atoms with van der Waals surface area (Å²) < 4.78 is 0. The van der Waals surface area contributed by atoms with Crippen molar-refractivity contribution in [3.63, 3.8) is 0 Å². The number of hydrogen-bond acceptors (Lipinski definition) is 2. The molecule has 2 saturated heterocycles. The minimum atomic E-state index is 0.230. The predicted molar refractivity (Wildman–Crippen MR) is 92.4 cm³/mol. The van der Waals surface area contributed by atoms with E-state index >= 15 is 0 Å². The molecule has 4 fully saturated rings. The number of hydrogen-bond donors (Lipinski definition) is 1. The third kappa shape index (κ3) is 4.01. The van der Waals surface area contributed by atoms with Crippen LogP contribution in [0.3, 0.4) is 0 Å². The van der Waals surface area contributed by atoms with Crippen LogP contribution in [0, 0.1) is 11.8 Å². The van der Waals surface area contributed by atoms with Crippen molar-refractivity contribution in [2.45, 2.75) is 76.3 Å². The molecule has 0 aromatic heterocycles. The number of nitrogens with one attached hydrogen (secondary N) is 1. The predicted octanol–water partition coefficient (Wildman–Crippen LogP) is 3.23. The minimum Gasteiger partial charge on any atom is -0.335 e. The Bertz CT molecular complexity index is 399. The van der Waals surface area contributed by atoms with E-state index < -0.39 is 0 Å². The van der Waals surface area contributed by atoms with Gasteiger partial charge in [0.1, 0.15) is 0 Å². The number of carbonyl (C=O) groups excluding carboxylic acids is 1. The van der Waals surface area contributed by atoms with Crippen LogP contribution in [0.15, 0.2) is 0 Å². The summed E-state index contributed by atoms with van der Waals surface area (Å²) in [5.41, 5.74) is 0. The molecule has 2 aliphatic carbocycles. The first-order valence-corrected chi connectivity index (χ1v) is 10.1. The van der Waals surface area contributed by atoms with E-state index in [1.54, 1.807) is 0 Å². The smallest absolute Gasteiger partial charge is 0.317 e. The van der Waals surface area contributed by atoms with Gasteiger partial charge in [-0.1, -0.05) is 12.8 Å². The molecule has 2 amide bonds. The zero-order valence-electron chi connectivity index (χ0n) is 14.5. The van der Waals surface area contributed by atoms with Gasteiger partial charge in [-0.05, 0) is 76.3 Å². The minimum absolute atomic E-state index is 0.230. The number of nitrogens with zero attached hydrogens (tertiary/aromatic N) is 2. The van der Waals surface area contributed by atoms with E-state index in [1.807, 2.05) is 0 Å². The molecule has 2 aliphatic heterocycles. The lowest BCUT2D eigenvalue weighted by Gasteiger charge is -2.39. The standard InChI is InChI=1S/C19H33N3O/c23-19(20-18(15-7-8-15)16-9-10-16)22-13-5-6-17(14-22)21-11-3-1-2-4-12-21/h15-18H,1-14H2,(H,20,23)/t17-/m0/s1. The SMILES string of the molecule is O=C(NC(C1CC1)C1CC1)N1CCC[C@H](N2CCCCCC2)C1. The van der Waals surface area contributed by atoms with E-state index in [9.17, 15) is 4.79 Å². The highest BCUT2D eigenvalue weighted by atomic mass is 16.2. The molecule has 0 aromatic rings. The van der Waals surface area contributed by atoms with E-state index in [-0.39, 0.29) is 6.03 Å². The van der Waals surface area contributed by atoms with Gasteiger partial charge >= 0.3 is 6.03 Å². The van der Waals surface area contributed by atoms with Crippen molar-refractivity contribution in [1.82, 2.24) is 15.1 Å². The third-order valence-electron chi connectivity index (χ3n) is 6.39. The number of urea groups is 1. The molecular weight excluding hydrogens is 286 g/mol. The van der Waals surface area contributed by atoms with Crippen molar-refractivity contribution in [1.29, 1.82) is 0 Å². The van der Waals surface area contributed by atoms with Gasteiger partial charge in [-0.25, -0.2) is 4.79 Å². The molecule has 4 rings (SSSR count). The maximum absolute atomic E-state index is 12.8. The highest BCUT2D eigenvalue weighted by Gasteiger charge is 2.43. The molecule has 130 valence electrons. The van der Waals surface area contributed by atoms with Crippen LogP contribution < -0.4 is 5.32 Å². The Labute approximate surface area is 141 Å². The van der Waals surface area contributed by atoms with Gasteiger partial charge in [-0.2, -0.15) is 0 Å². The first-order valence-electron chi connectivity index (χ1n) is 10.1. The molecule has 4 aliphatic rings. The number of carbonyl (C=O) groups is 1. The molecule has 0 radical (unpaired) electrons. The maximum atomic E-state index is 12.8. The lowest BCUT2D eigenvalue weighted by Crippen LogP contribution is -2.54. The second-order valence-corrected chi connectivity index (χ2v) is 8.34. The quantitative estimate of drug-likeness (QED) is 0.863. The van der Waals surface area contributed by atoms with E-state index in [0.717, 1.165) is 24.9 Å². The molecule has 2 saturated carbocycles. The Morgan fingerprint density at radius 3 is 2.09 bits per heavy atom. The normalized spacial score (nSPS) is 30.3. The van der Waals surface area contributed by atoms with Crippen molar-refractivity contribution in [3.8, 4) is 0 Å². The summed E-state index contributed by atoms with van der Waals surface area (Å²) in [6.07, 6.45) is 13.2. The van der Waals surface area contributed by atoms with Gasteiger partial charge in [0.15, 0.2) is 0 Å². The first-order chi connectivity index (χ1) is 11.3. The van der Waals surface area contributed by atoms with Crippen LogP contribution >= 0.6 is 0 Å². The fraction of sp³-hybridized carbons (Fsp3) is 0.947. The van der Waals surface area contributed by atoms with Crippen LogP contribution in [0.25, 0.3) is 0 Å². The van der Waals surface area contributed by atoms with E-state index in [4.69, 9.17) is 0 Å². The van der Waals surface area contributed by atoms with Crippen molar-refractivity contribution in [3.05, 3.63) is 0 Å². The lowest BCUT2D eigenvalue weighted by atomic mass is 10.0. The third-order valence-corrected chi connectivity index (χ3v) is 6.39. The summed E-state index contributed by atoms with van der Waals surface area (Å²) in [6, 6.07) is 1.32. The van der Waals surface area contributed by atoms with Gasteiger partial charge in [-0.15, -0.1) is 0 Å². The molecule has 0 unspecified atom stereocenters. The van der Waals surface area contributed by atoms with Crippen LogP contribution in [-0.4, -0.2) is 54.1 Å².